The normalized spacial score (nSPS) is 11.3. The van der Waals surface area contributed by atoms with E-state index in [2.05, 4.69) is 33.6 Å². The zero-order chi connectivity index (χ0) is 25.1. The van der Waals surface area contributed by atoms with Crippen LogP contribution in [0.1, 0.15) is 45.1 Å². The molecule has 0 bridgehead atoms. The largest absolute Gasteiger partial charge is 0.366 e. The summed E-state index contributed by atoms with van der Waals surface area (Å²) < 4.78 is 30.0. The second-order valence-electron chi connectivity index (χ2n) is 7.92. The molecule has 3 heterocycles. The van der Waals surface area contributed by atoms with Gasteiger partial charge in [-0.3, -0.25) is 9.59 Å². The molecule has 0 saturated heterocycles. The van der Waals surface area contributed by atoms with Crippen LogP contribution in [0.4, 0.5) is 8.78 Å². The van der Waals surface area contributed by atoms with Crippen molar-refractivity contribution in [2.75, 3.05) is 0 Å². The number of carbonyl (C=O) groups excluding carboxylic acids is 1. The maximum atomic E-state index is 14.6. The summed E-state index contributed by atoms with van der Waals surface area (Å²) in [6, 6.07) is 8.20. The molecule has 0 radical (unpaired) electrons. The van der Waals surface area contributed by atoms with Gasteiger partial charge in [-0.15, -0.1) is 0 Å². The predicted molar refractivity (Wildman–Crippen MR) is 129 cm³/mol. The van der Waals surface area contributed by atoms with Gasteiger partial charge >= 0.3 is 0 Å². The van der Waals surface area contributed by atoms with Crippen LogP contribution in [0.2, 0.25) is 0 Å². The first-order valence-electron chi connectivity index (χ1n) is 10.6. The van der Waals surface area contributed by atoms with Gasteiger partial charge < -0.3 is 15.3 Å². The minimum Gasteiger partial charge on any atom is -0.366 e. The van der Waals surface area contributed by atoms with Crippen molar-refractivity contribution in [2.24, 2.45) is 12.8 Å². The maximum Gasteiger partial charge on any atom is 0.254 e. The molecule has 1 aromatic carbocycles. The number of aryl methyl sites for hydroxylation is 1. The van der Waals surface area contributed by atoms with Crippen LogP contribution in [0.25, 0.3) is 11.0 Å². The highest BCUT2D eigenvalue weighted by atomic mass is 19.1. The fourth-order valence-corrected chi connectivity index (χ4v) is 3.80. The van der Waals surface area contributed by atoms with Crippen LogP contribution >= 0.6 is 0 Å². The second kappa shape index (κ2) is 9.66. The Bertz CT molecular complexity index is 1650. The van der Waals surface area contributed by atoms with E-state index in [9.17, 15) is 18.4 Å². The van der Waals surface area contributed by atoms with Crippen LogP contribution in [0.3, 0.4) is 0 Å². The SMILES string of the molecule is Cc1ccc(C(CC#CC#Cc2c(C(N)=O)cnc3[nH]ccc23)c2cc(F)ccc2F)c(=O)n1C. The highest BCUT2D eigenvalue weighted by Gasteiger charge is 2.22. The summed E-state index contributed by atoms with van der Waals surface area (Å²) in [5.74, 6) is 8.34. The Hall–Kier alpha value is -4.69. The van der Waals surface area contributed by atoms with E-state index < -0.39 is 23.5 Å². The zero-order valence-corrected chi connectivity index (χ0v) is 18.9. The molecule has 6 nitrogen and oxygen atoms in total. The molecule has 0 aliphatic carbocycles. The van der Waals surface area contributed by atoms with Crippen molar-refractivity contribution in [2.45, 2.75) is 19.3 Å². The molecule has 0 aliphatic heterocycles. The topological polar surface area (TPSA) is 93.8 Å². The average Bonchev–Trinajstić information content (AvgIpc) is 3.31. The first kappa shape index (κ1) is 23.5. The number of nitrogens with two attached hydrogens (primary N) is 1. The second-order valence-corrected chi connectivity index (χ2v) is 7.92. The lowest BCUT2D eigenvalue weighted by Gasteiger charge is -2.17. The number of amides is 1. The van der Waals surface area contributed by atoms with Crippen LogP contribution in [0.15, 0.2) is 53.6 Å². The molecular weight excluding hydrogens is 450 g/mol. The van der Waals surface area contributed by atoms with Gasteiger partial charge in [0, 0.05) is 48.4 Å². The first-order chi connectivity index (χ1) is 16.8. The Morgan fingerprint density at radius 2 is 1.97 bits per heavy atom. The van der Waals surface area contributed by atoms with Gasteiger partial charge in [0.25, 0.3) is 11.5 Å². The first-order valence-corrected chi connectivity index (χ1v) is 10.6. The number of primary amides is 1. The number of halogens is 2. The Morgan fingerprint density at radius 1 is 1.17 bits per heavy atom. The Morgan fingerprint density at radius 3 is 2.74 bits per heavy atom. The molecule has 0 spiro atoms. The van der Waals surface area contributed by atoms with E-state index in [1.165, 1.54) is 10.8 Å². The quantitative estimate of drug-likeness (QED) is 0.447. The molecule has 0 fully saturated rings. The maximum absolute atomic E-state index is 14.6. The standard InChI is InChI=1S/C27H20F2N4O2/c1-16-8-10-21(27(35)33(16)2)19(22-14-17(28)9-11-24(22)29)7-5-3-4-6-18-20-12-13-31-26(20)32-15-23(18)25(30)34/h8-15,19H,7H2,1-2H3,(H2,30,34)(H,31,32). The van der Waals surface area contributed by atoms with Crippen molar-refractivity contribution < 1.29 is 13.6 Å². The summed E-state index contributed by atoms with van der Waals surface area (Å²) in [6.45, 7) is 1.78. The molecule has 4 aromatic rings. The molecule has 174 valence electrons. The van der Waals surface area contributed by atoms with E-state index in [0.717, 1.165) is 23.9 Å². The molecule has 3 N–H and O–H groups in total. The van der Waals surface area contributed by atoms with E-state index in [0.29, 0.717) is 22.2 Å². The van der Waals surface area contributed by atoms with Gasteiger partial charge in [0.1, 0.15) is 17.3 Å². The summed E-state index contributed by atoms with van der Waals surface area (Å²) in [6.07, 6.45) is 3.03. The third-order valence-corrected chi connectivity index (χ3v) is 5.79. The van der Waals surface area contributed by atoms with E-state index in [1.54, 1.807) is 38.4 Å². The number of nitrogens with one attached hydrogen (secondary N) is 1. The molecule has 35 heavy (non-hydrogen) atoms. The van der Waals surface area contributed by atoms with Crippen LogP contribution in [0.5, 0.6) is 0 Å². The molecule has 8 heteroatoms. The number of fused-ring (bicyclic) bond motifs is 1. The van der Waals surface area contributed by atoms with E-state index >= 15 is 0 Å². The van der Waals surface area contributed by atoms with Gasteiger partial charge in [0.05, 0.1) is 11.1 Å². The highest BCUT2D eigenvalue weighted by Crippen LogP contribution is 2.28. The van der Waals surface area contributed by atoms with Crippen LogP contribution in [-0.2, 0) is 7.05 Å². The summed E-state index contributed by atoms with van der Waals surface area (Å²) in [5.41, 5.74) is 7.28. The third-order valence-electron chi connectivity index (χ3n) is 5.79. The Balaban J connectivity index is 1.73. The number of carbonyl (C=O) groups is 1. The molecule has 1 atom stereocenters. The van der Waals surface area contributed by atoms with Crippen molar-refractivity contribution >= 4 is 16.9 Å². The minimum absolute atomic E-state index is 0.0198. The number of rotatable bonds is 4. The number of pyridine rings is 2. The lowest BCUT2D eigenvalue weighted by molar-refractivity contribution is 0.1000. The van der Waals surface area contributed by atoms with Crippen molar-refractivity contribution in [3.8, 4) is 23.7 Å². The molecular formula is C27H20F2N4O2. The van der Waals surface area contributed by atoms with E-state index in [4.69, 9.17) is 5.73 Å². The van der Waals surface area contributed by atoms with Crippen LogP contribution in [0, 0.1) is 42.2 Å². The van der Waals surface area contributed by atoms with Gasteiger partial charge in [-0.2, -0.15) is 0 Å². The van der Waals surface area contributed by atoms with Gasteiger partial charge in [-0.1, -0.05) is 17.9 Å². The Labute approximate surface area is 199 Å². The fourth-order valence-electron chi connectivity index (χ4n) is 3.80. The number of H-pyrrole nitrogens is 1. The predicted octanol–water partition coefficient (Wildman–Crippen LogP) is 3.52. The summed E-state index contributed by atoms with van der Waals surface area (Å²) in [5, 5.41) is 0.624. The number of hydrogen-bond acceptors (Lipinski definition) is 3. The molecule has 3 aromatic heterocycles. The van der Waals surface area contributed by atoms with E-state index in [-0.39, 0.29) is 23.1 Å². The van der Waals surface area contributed by atoms with Crippen LogP contribution < -0.4 is 11.3 Å². The van der Waals surface area contributed by atoms with Crippen LogP contribution in [-0.4, -0.2) is 20.4 Å². The van der Waals surface area contributed by atoms with Crippen molar-refractivity contribution in [3.63, 3.8) is 0 Å². The smallest absolute Gasteiger partial charge is 0.254 e. The molecule has 0 saturated carbocycles. The van der Waals surface area contributed by atoms with Crippen molar-refractivity contribution in [1.82, 2.24) is 14.5 Å². The highest BCUT2D eigenvalue weighted by molar-refractivity contribution is 6.00. The number of aromatic amines is 1. The third kappa shape index (κ3) is 4.68. The monoisotopic (exact) mass is 470 g/mol. The fraction of sp³-hybridized carbons (Fsp3) is 0.148. The number of benzene rings is 1. The van der Waals surface area contributed by atoms with Crippen molar-refractivity contribution in [1.29, 1.82) is 0 Å². The minimum atomic E-state index is -0.808. The molecule has 4 rings (SSSR count). The Kier molecular flexibility index (Phi) is 6.48. The van der Waals surface area contributed by atoms with Gasteiger partial charge in [-0.05, 0) is 54.7 Å². The number of aromatic nitrogens is 3. The molecule has 1 unspecified atom stereocenters. The number of nitrogens with zero attached hydrogens (tertiary/aromatic N) is 2. The lowest BCUT2D eigenvalue weighted by Crippen LogP contribution is -2.25. The van der Waals surface area contributed by atoms with Gasteiger partial charge in [0.2, 0.25) is 0 Å². The summed E-state index contributed by atoms with van der Waals surface area (Å²) in [7, 11) is 1.62. The summed E-state index contributed by atoms with van der Waals surface area (Å²) >= 11 is 0. The zero-order valence-electron chi connectivity index (χ0n) is 18.9. The average molecular weight is 470 g/mol. The van der Waals surface area contributed by atoms with Gasteiger partial charge in [0.15, 0.2) is 0 Å². The molecule has 1 amide bonds. The number of hydrogen-bond donors (Lipinski definition) is 2. The lowest BCUT2D eigenvalue weighted by atomic mass is 9.88. The summed E-state index contributed by atoms with van der Waals surface area (Å²) in [4.78, 5) is 31.8. The van der Waals surface area contributed by atoms with Crippen molar-refractivity contribution in [3.05, 3.63) is 98.7 Å². The molecule has 0 aliphatic rings. The van der Waals surface area contributed by atoms with Gasteiger partial charge in [-0.25, -0.2) is 13.8 Å². The van der Waals surface area contributed by atoms with E-state index in [1.807, 2.05) is 0 Å².